The first-order valence-electron chi connectivity index (χ1n) is 5.46. The fraction of sp³-hybridized carbons (Fsp3) is 1.00. The quantitative estimate of drug-likeness (QED) is 0.665. The molecule has 1 saturated carbocycles. The van der Waals surface area contributed by atoms with E-state index in [0.717, 1.165) is 12.0 Å². The SMILES string of the molecule is CC(C)(C)C1CN(C2CC(N)C2)C1. The van der Waals surface area contributed by atoms with E-state index in [1.165, 1.54) is 25.9 Å². The molecule has 1 aliphatic heterocycles. The van der Waals surface area contributed by atoms with Crippen LogP contribution in [-0.4, -0.2) is 30.1 Å². The van der Waals surface area contributed by atoms with Gasteiger partial charge >= 0.3 is 0 Å². The van der Waals surface area contributed by atoms with Crippen LogP contribution in [0.25, 0.3) is 0 Å². The normalized spacial score (nSPS) is 36.9. The molecule has 2 heteroatoms. The summed E-state index contributed by atoms with van der Waals surface area (Å²) in [4.78, 5) is 2.61. The molecule has 2 aliphatic rings. The van der Waals surface area contributed by atoms with E-state index in [1.807, 2.05) is 0 Å². The van der Waals surface area contributed by atoms with Crippen molar-refractivity contribution >= 4 is 0 Å². The minimum Gasteiger partial charge on any atom is -0.328 e. The highest BCUT2D eigenvalue weighted by Crippen LogP contribution is 2.38. The fourth-order valence-corrected chi connectivity index (χ4v) is 2.29. The van der Waals surface area contributed by atoms with E-state index in [4.69, 9.17) is 5.73 Å². The van der Waals surface area contributed by atoms with Gasteiger partial charge in [0.1, 0.15) is 0 Å². The van der Waals surface area contributed by atoms with Crippen LogP contribution in [0, 0.1) is 11.3 Å². The minimum absolute atomic E-state index is 0.499. The summed E-state index contributed by atoms with van der Waals surface area (Å²) in [7, 11) is 0. The van der Waals surface area contributed by atoms with Crippen LogP contribution >= 0.6 is 0 Å². The monoisotopic (exact) mass is 182 g/mol. The molecule has 1 saturated heterocycles. The smallest absolute Gasteiger partial charge is 0.0125 e. The van der Waals surface area contributed by atoms with Crippen LogP contribution in [0.2, 0.25) is 0 Å². The van der Waals surface area contributed by atoms with E-state index in [2.05, 4.69) is 25.7 Å². The summed E-state index contributed by atoms with van der Waals surface area (Å²) in [6, 6.07) is 1.33. The molecule has 2 N–H and O–H groups in total. The number of nitrogens with zero attached hydrogens (tertiary/aromatic N) is 1. The molecule has 76 valence electrons. The standard InChI is InChI=1S/C11H22N2/c1-11(2,3)8-6-13(7-8)10-4-9(12)5-10/h8-10H,4-7,12H2,1-3H3. The van der Waals surface area contributed by atoms with E-state index in [-0.39, 0.29) is 0 Å². The van der Waals surface area contributed by atoms with Crippen molar-refractivity contribution in [1.82, 2.24) is 4.90 Å². The lowest BCUT2D eigenvalue weighted by Crippen LogP contribution is -2.61. The van der Waals surface area contributed by atoms with Crippen molar-refractivity contribution in [3.05, 3.63) is 0 Å². The van der Waals surface area contributed by atoms with Crippen LogP contribution < -0.4 is 5.73 Å². The molecule has 0 atom stereocenters. The van der Waals surface area contributed by atoms with Gasteiger partial charge in [-0.1, -0.05) is 20.8 Å². The lowest BCUT2D eigenvalue weighted by atomic mass is 9.73. The third-order valence-corrected chi connectivity index (χ3v) is 3.80. The van der Waals surface area contributed by atoms with Gasteiger partial charge in [0.15, 0.2) is 0 Å². The molecule has 2 rings (SSSR count). The van der Waals surface area contributed by atoms with Gasteiger partial charge < -0.3 is 5.73 Å². The number of hydrogen-bond acceptors (Lipinski definition) is 2. The van der Waals surface area contributed by atoms with Crippen molar-refractivity contribution in [3.8, 4) is 0 Å². The summed E-state index contributed by atoms with van der Waals surface area (Å²) >= 11 is 0. The van der Waals surface area contributed by atoms with Gasteiger partial charge in [0.2, 0.25) is 0 Å². The van der Waals surface area contributed by atoms with E-state index in [0.29, 0.717) is 11.5 Å². The van der Waals surface area contributed by atoms with Crippen LogP contribution in [0.15, 0.2) is 0 Å². The van der Waals surface area contributed by atoms with Crippen LogP contribution in [0.1, 0.15) is 33.6 Å². The largest absolute Gasteiger partial charge is 0.328 e. The predicted octanol–water partition coefficient (Wildman–Crippen LogP) is 1.45. The Bertz CT molecular complexity index is 183. The van der Waals surface area contributed by atoms with Gasteiger partial charge in [0.05, 0.1) is 0 Å². The second kappa shape index (κ2) is 2.96. The Morgan fingerprint density at radius 3 is 2.08 bits per heavy atom. The lowest BCUT2D eigenvalue weighted by molar-refractivity contribution is -0.0354. The molecule has 1 aliphatic carbocycles. The van der Waals surface area contributed by atoms with Gasteiger partial charge in [0.25, 0.3) is 0 Å². The molecule has 0 aromatic carbocycles. The summed E-state index contributed by atoms with van der Waals surface area (Å²) in [6.07, 6.45) is 2.47. The first-order chi connectivity index (χ1) is 5.97. The van der Waals surface area contributed by atoms with Crippen molar-refractivity contribution in [2.75, 3.05) is 13.1 Å². The van der Waals surface area contributed by atoms with Crippen molar-refractivity contribution in [3.63, 3.8) is 0 Å². The van der Waals surface area contributed by atoms with Gasteiger partial charge in [-0.15, -0.1) is 0 Å². The van der Waals surface area contributed by atoms with Crippen molar-refractivity contribution in [1.29, 1.82) is 0 Å². The van der Waals surface area contributed by atoms with Gasteiger partial charge in [-0.05, 0) is 24.2 Å². The number of hydrogen-bond donors (Lipinski definition) is 1. The third-order valence-electron chi connectivity index (χ3n) is 3.80. The molecule has 1 heterocycles. The van der Waals surface area contributed by atoms with Crippen LogP contribution in [0.3, 0.4) is 0 Å². The number of rotatable bonds is 1. The van der Waals surface area contributed by atoms with Crippen molar-refractivity contribution in [2.24, 2.45) is 17.1 Å². The summed E-state index contributed by atoms with van der Waals surface area (Å²) in [5.74, 6) is 0.907. The summed E-state index contributed by atoms with van der Waals surface area (Å²) < 4.78 is 0. The summed E-state index contributed by atoms with van der Waals surface area (Å²) in [5.41, 5.74) is 6.28. The molecule has 2 nitrogen and oxygen atoms in total. The maximum Gasteiger partial charge on any atom is 0.0125 e. The van der Waals surface area contributed by atoms with E-state index >= 15 is 0 Å². The molecule has 0 amide bonds. The molecule has 0 aromatic heterocycles. The molecular weight excluding hydrogens is 160 g/mol. The Balaban J connectivity index is 1.73. The Hall–Kier alpha value is -0.0800. The zero-order valence-electron chi connectivity index (χ0n) is 9.09. The average molecular weight is 182 g/mol. The summed E-state index contributed by atoms with van der Waals surface area (Å²) in [6.45, 7) is 9.66. The molecule has 0 aromatic rings. The topological polar surface area (TPSA) is 29.3 Å². The molecule has 0 spiro atoms. The predicted molar refractivity (Wildman–Crippen MR) is 55.5 cm³/mol. The van der Waals surface area contributed by atoms with Crippen LogP contribution in [0.4, 0.5) is 0 Å². The Morgan fingerprint density at radius 2 is 1.69 bits per heavy atom. The molecular formula is C11H22N2. The maximum absolute atomic E-state index is 5.78. The van der Waals surface area contributed by atoms with E-state index in [1.54, 1.807) is 0 Å². The lowest BCUT2D eigenvalue weighted by Gasteiger charge is -2.53. The highest BCUT2D eigenvalue weighted by molar-refractivity contribution is 4.97. The number of nitrogens with two attached hydrogens (primary N) is 1. The second-order valence-corrected chi connectivity index (χ2v) is 5.90. The molecule has 2 fully saturated rings. The van der Waals surface area contributed by atoms with E-state index in [9.17, 15) is 0 Å². The fourth-order valence-electron chi connectivity index (χ4n) is 2.29. The van der Waals surface area contributed by atoms with Gasteiger partial charge in [-0.25, -0.2) is 0 Å². The van der Waals surface area contributed by atoms with E-state index < -0.39 is 0 Å². The third kappa shape index (κ3) is 1.75. The Morgan fingerprint density at radius 1 is 1.15 bits per heavy atom. The summed E-state index contributed by atoms with van der Waals surface area (Å²) in [5, 5.41) is 0. The highest BCUT2D eigenvalue weighted by atomic mass is 15.2. The van der Waals surface area contributed by atoms with Crippen molar-refractivity contribution in [2.45, 2.75) is 45.7 Å². The Kier molecular flexibility index (Phi) is 2.16. The first kappa shape index (κ1) is 9.47. The minimum atomic E-state index is 0.499. The zero-order chi connectivity index (χ0) is 9.64. The van der Waals surface area contributed by atoms with Gasteiger partial charge in [-0.3, -0.25) is 4.90 Å². The van der Waals surface area contributed by atoms with Crippen LogP contribution in [-0.2, 0) is 0 Å². The molecule has 0 bridgehead atoms. The molecule has 0 radical (unpaired) electrons. The maximum atomic E-state index is 5.78. The first-order valence-corrected chi connectivity index (χ1v) is 5.46. The Labute approximate surface area is 81.5 Å². The van der Waals surface area contributed by atoms with Gasteiger partial charge in [0, 0.05) is 25.2 Å². The highest BCUT2D eigenvalue weighted by Gasteiger charge is 2.42. The van der Waals surface area contributed by atoms with Crippen LogP contribution in [0.5, 0.6) is 0 Å². The zero-order valence-corrected chi connectivity index (χ0v) is 9.09. The molecule has 13 heavy (non-hydrogen) atoms. The molecule has 0 unspecified atom stereocenters. The van der Waals surface area contributed by atoms with Crippen molar-refractivity contribution < 1.29 is 0 Å². The van der Waals surface area contributed by atoms with Gasteiger partial charge in [-0.2, -0.15) is 0 Å². The number of likely N-dealkylation sites (tertiary alicyclic amines) is 1. The second-order valence-electron chi connectivity index (χ2n) is 5.90. The average Bonchev–Trinajstić information content (AvgIpc) is 1.76.